The summed E-state index contributed by atoms with van der Waals surface area (Å²) >= 11 is 0. The third-order valence-corrected chi connectivity index (χ3v) is 8.32. The van der Waals surface area contributed by atoms with Gasteiger partial charge in [0.15, 0.2) is 0 Å². The second kappa shape index (κ2) is 6.32. The van der Waals surface area contributed by atoms with Gasteiger partial charge in [-0.1, -0.05) is 19.9 Å². The number of fused-ring (bicyclic) bond motifs is 5. The number of rotatable bonds is 2. The average Bonchev–Trinajstić information content (AvgIpc) is 3.05. The molecule has 1 aliphatic carbocycles. The number of pyridine rings is 1. The monoisotopic (exact) mass is 410 g/mol. The molecule has 4 nitrogen and oxygen atoms in total. The maximum absolute atomic E-state index is 6.69. The first-order valence-corrected chi connectivity index (χ1v) is 11.7. The molecule has 164 valence electrons. The summed E-state index contributed by atoms with van der Waals surface area (Å²) in [6.45, 7) is 13.7. The average molecular weight is 411 g/mol. The van der Waals surface area contributed by atoms with E-state index in [4.69, 9.17) is 20.2 Å². The van der Waals surface area contributed by atoms with Crippen molar-refractivity contribution in [1.29, 1.82) is 0 Å². The molecule has 5 atom stereocenters. The number of hydrogen-bond donors (Lipinski definition) is 1. The van der Waals surface area contributed by atoms with Gasteiger partial charge in [0.25, 0.3) is 0 Å². The predicted octanol–water partition coefficient (Wildman–Crippen LogP) is 5.87. The van der Waals surface area contributed by atoms with Crippen LogP contribution in [0.5, 0.6) is 0 Å². The highest BCUT2D eigenvalue weighted by atomic mass is 16.6. The van der Waals surface area contributed by atoms with Crippen LogP contribution in [-0.4, -0.2) is 27.9 Å². The summed E-state index contributed by atoms with van der Waals surface area (Å²) in [7, 11) is 0. The minimum absolute atomic E-state index is 0.0533. The van der Waals surface area contributed by atoms with Gasteiger partial charge in [-0.05, 0) is 89.3 Å². The lowest BCUT2D eigenvalue weighted by Crippen LogP contribution is -2.46. The van der Waals surface area contributed by atoms with Gasteiger partial charge in [0, 0.05) is 17.5 Å². The molecule has 3 aliphatic heterocycles. The van der Waals surface area contributed by atoms with E-state index in [1.54, 1.807) is 0 Å². The Kier molecular flexibility index (Phi) is 4.32. The van der Waals surface area contributed by atoms with Gasteiger partial charge in [-0.25, -0.2) is 0 Å². The minimum Gasteiger partial charge on any atom is -0.397 e. The Morgan fingerprint density at radius 2 is 1.73 bits per heavy atom. The van der Waals surface area contributed by atoms with Crippen LogP contribution in [0, 0.1) is 11.3 Å². The van der Waals surface area contributed by atoms with Gasteiger partial charge in [-0.3, -0.25) is 4.98 Å². The molecule has 2 bridgehead atoms. The van der Waals surface area contributed by atoms with Gasteiger partial charge in [0.2, 0.25) is 0 Å². The Morgan fingerprint density at radius 1 is 1.00 bits per heavy atom. The molecule has 4 heteroatoms. The van der Waals surface area contributed by atoms with E-state index in [0.717, 1.165) is 43.5 Å². The summed E-state index contributed by atoms with van der Waals surface area (Å²) in [5.74, 6) is 0.838. The highest BCUT2D eigenvalue weighted by Crippen LogP contribution is 2.61. The van der Waals surface area contributed by atoms with Gasteiger partial charge in [0.1, 0.15) is 0 Å². The number of anilines is 1. The van der Waals surface area contributed by atoms with Gasteiger partial charge in [0.05, 0.1) is 34.3 Å². The Bertz CT molecular complexity index is 876. The largest absolute Gasteiger partial charge is 0.397 e. The summed E-state index contributed by atoms with van der Waals surface area (Å²) < 4.78 is 13.2. The van der Waals surface area contributed by atoms with Crippen molar-refractivity contribution in [2.24, 2.45) is 11.3 Å². The number of allylic oxidation sites excluding steroid dienone is 2. The van der Waals surface area contributed by atoms with Crippen molar-refractivity contribution >= 4 is 11.3 Å². The second-order valence-corrected chi connectivity index (χ2v) is 12.2. The van der Waals surface area contributed by atoms with E-state index in [0.29, 0.717) is 17.3 Å². The third-order valence-electron chi connectivity index (χ3n) is 8.32. The Labute approximate surface area is 181 Å². The van der Waals surface area contributed by atoms with Crippen LogP contribution in [0.25, 0.3) is 5.57 Å². The Balaban J connectivity index is 1.45. The smallest absolute Gasteiger partial charge is 0.0933 e. The van der Waals surface area contributed by atoms with Crippen LogP contribution in [0.15, 0.2) is 18.2 Å². The predicted molar refractivity (Wildman–Crippen MR) is 121 cm³/mol. The summed E-state index contributed by atoms with van der Waals surface area (Å²) in [4.78, 5) is 5.16. The summed E-state index contributed by atoms with van der Waals surface area (Å²) in [5.41, 5.74) is 10.6. The molecule has 1 aromatic rings. The Morgan fingerprint density at radius 3 is 2.43 bits per heavy atom. The summed E-state index contributed by atoms with van der Waals surface area (Å²) in [5, 5.41) is 0. The maximum atomic E-state index is 6.69. The molecule has 0 radical (unpaired) electrons. The molecule has 0 aromatic carbocycles. The zero-order chi connectivity index (χ0) is 21.5. The van der Waals surface area contributed by atoms with Crippen molar-refractivity contribution in [2.75, 3.05) is 5.73 Å². The number of nitrogens with two attached hydrogens (primary N) is 1. The molecule has 0 unspecified atom stereocenters. The first-order chi connectivity index (χ1) is 13.9. The molecule has 3 fully saturated rings. The molecule has 30 heavy (non-hydrogen) atoms. The van der Waals surface area contributed by atoms with Gasteiger partial charge >= 0.3 is 0 Å². The number of aromatic nitrogens is 1. The van der Waals surface area contributed by atoms with Crippen LogP contribution in [0.2, 0.25) is 0 Å². The first-order valence-electron chi connectivity index (χ1n) is 11.7. The molecule has 0 amide bonds. The number of hydrogen-bond acceptors (Lipinski definition) is 4. The SMILES string of the molecule is CC1(C)CC=C(c2nc([C@H]3C[C@@]4(C)O[C@@](C)(C3)[C@@H]3OC(C)(C)C[C@@H]34)ccc2N)CC1. The van der Waals surface area contributed by atoms with Crippen LogP contribution in [-0.2, 0) is 9.47 Å². The molecule has 4 aliphatic rings. The highest BCUT2D eigenvalue weighted by molar-refractivity contribution is 5.73. The van der Waals surface area contributed by atoms with Crippen LogP contribution in [0.4, 0.5) is 5.69 Å². The number of nitrogen functional groups attached to an aromatic ring is 1. The molecule has 0 saturated carbocycles. The van der Waals surface area contributed by atoms with E-state index >= 15 is 0 Å². The summed E-state index contributed by atoms with van der Waals surface area (Å²) in [6, 6.07) is 4.22. The second-order valence-electron chi connectivity index (χ2n) is 12.2. The van der Waals surface area contributed by atoms with Crippen molar-refractivity contribution in [3.63, 3.8) is 0 Å². The van der Waals surface area contributed by atoms with E-state index in [2.05, 4.69) is 59.8 Å². The van der Waals surface area contributed by atoms with Gasteiger partial charge in [-0.2, -0.15) is 0 Å². The molecule has 0 spiro atoms. The van der Waals surface area contributed by atoms with Crippen molar-refractivity contribution in [3.8, 4) is 0 Å². The lowest BCUT2D eigenvalue weighted by Gasteiger charge is -2.43. The molecular formula is C26H38N2O2. The fraction of sp³-hybridized carbons (Fsp3) is 0.731. The zero-order valence-corrected chi connectivity index (χ0v) is 19.5. The molecule has 5 rings (SSSR count). The minimum atomic E-state index is -0.243. The highest BCUT2D eigenvalue weighted by Gasteiger charge is 2.67. The number of ether oxygens (including phenoxy) is 2. The van der Waals surface area contributed by atoms with E-state index in [1.165, 1.54) is 17.7 Å². The molecular weight excluding hydrogens is 372 g/mol. The van der Waals surface area contributed by atoms with E-state index in [9.17, 15) is 0 Å². The Hall–Kier alpha value is -1.39. The fourth-order valence-corrected chi connectivity index (χ4v) is 6.74. The van der Waals surface area contributed by atoms with Gasteiger partial charge in [-0.15, -0.1) is 0 Å². The van der Waals surface area contributed by atoms with Crippen molar-refractivity contribution in [3.05, 3.63) is 29.6 Å². The van der Waals surface area contributed by atoms with Crippen LogP contribution >= 0.6 is 0 Å². The number of nitrogens with zero attached hydrogens (tertiary/aromatic N) is 1. The quantitative estimate of drug-likeness (QED) is 0.663. The fourth-order valence-electron chi connectivity index (χ4n) is 6.74. The van der Waals surface area contributed by atoms with Crippen molar-refractivity contribution in [2.45, 2.75) is 109 Å². The van der Waals surface area contributed by atoms with Crippen molar-refractivity contribution < 1.29 is 9.47 Å². The molecule has 1 aromatic heterocycles. The van der Waals surface area contributed by atoms with Crippen LogP contribution in [0.1, 0.15) is 97.4 Å². The third kappa shape index (κ3) is 3.22. The zero-order valence-electron chi connectivity index (χ0n) is 19.5. The summed E-state index contributed by atoms with van der Waals surface area (Å²) in [6.07, 6.45) is 8.92. The van der Waals surface area contributed by atoms with E-state index < -0.39 is 0 Å². The lowest BCUT2D eigenvalue weighted by atomic mass is 9.77. The van der Waals surface area contributed by atoms with Crippen LogP contribution < -0.4 is 5.73 Å². The molecule has 3 saturated heterocycles. The van der Waals surface area contributed by atoms with Crippen LogP contribution in [0.3, 0.4) is 0 Å². The molecule has 2 N–H and O–H groups in total. The van der Waals surface area contributed by atoms with Crippen molar-refractivity contribution in [1.82, 2.24) is 4.98 Å². The first kappa shape index (κ1) is 20.5. The van der Waals surface area contributed by atoms with E-state index in [1.807, 2.05) is 0 Å². The maximum Gasteiger partial charge on any atom is 0.0933 e. The van der Waals surface area contributed by atoms with E-state index in [-0.39, 0.29) is 22.9 Å². The topological polar surface area (TPSA) is 57.4 Å². The standard InChI is InChI=1S/C26H38N2O2/c1-23(2)11-9-16(10-12-23)21-19(27)7-8-20(28-21)17-13-25(5)18-15-24(3,4)29-22(18)26(6,14-17)30-25/h7-9,17-18,22H,10-15,27H2,1-6H3/t17-,18-,22+,25+,26-/m0/s1. The molecule has 4 heterocycles. The lowest BCUT2D eigenvalue weighted by molar-refractivity contribution is -0.179. The normalized spacial score (nSPS) is 41.4. The van der Waals surface area contributed by atoms with Gasteiger partial charge < -0.3 is 15.2 Å².